The minimum atomic E-state index is -3.62. The van der Waals surface area contributed by atoms with E-state index in [2.05, 4.69) is 20.7 Å². The Kier molecular flexibility index (Phi) is 5.32. The van der Waals surface area contributed by atoms with Gasteiger partial charge in [0.1, 0.15) is 9.96 Å². The minimum absolute atomic E-state index is 0.175. The molecule has 4 nitrogen and oxygen atoms in total. The Bertz CT molecular complexity index is 726. The van der Waals surface area contributed by atoms with Crippen LogP contribution in [0.1, 0.15) is 18.5 Å². The van der Waals surface area contributed by atoms with E-state index in [1.807, 2.05) is 12.1 Å². The molecule has 1 aromatic heterocycles. The fourth-order valence-electron chi connectivity index (χ4n) is 1.73. The lowest BCUT2D eigenvalue weighted by Gasteiger charge is -2.14. The highest BCUT2D eigenvalue weighted by Crippen LogP contribution is 2.35. The molecule has 0 aliphatic rings. The van der Waals surface area contributed by atoms with E-state index in [1.54, 1.807) is 26.2 Å². The van der Waals surface area contributed by atoms with Crippen LogP contribution < -0.4 is 9.46 Å². The van der Waals surface area contributed by atoms with Gasteiger partial charge in [0, 0.05) is 6.04 Å². The van der Waals surface area contributed by atoms with Crippen molar-refractivity contribution in [2.45, 2.75) is 17.2 Å². The molecule has 0 spiro atoms. The smallest absolute Gasteiger partial charge is 0.250 e. The lowest BCUT2D eigenvalue weighted by molar-refractivity contribution is 0.413. The standard InChI is InChI=1S/C13H13BrClNO3S2/c1-8(9-4-3-5-10(6-9)19-2)16-21(17,18)12-7-11(15)13(14)20-12/h3-8,16H,1-2H3. The van der Waals surface area contributed by atoms with Gasteiger partial charge < -0.3 is 4.74 Å². The first-order valence-electron chi connectivity index (χ1n) is 5.94. The second-order valence-electron chi connectivity index (χ2n) is 4.31. The van der Waals surface area contributed by atoms with Gasteiger partial charge >= 0.3 is 0 Å². The third-order valence-electron chi connectivity index (χ3n) is 2.81. The number of hydrogen-bond acceptors (Lipinski definition) is 4. The summed E-state index contributed by atoms with van der Waals surface area (Å²) >= 11 is 10.2. The molecule has 0 amide bonds. The van der Waals surface area contributed by atoms with E-state index in [1.165, 1.54) is 6.07 Å². The first-order valence-corrected chi connectivity index (χ1v) is 9.41. The van der Waals surface area contributed by atoms with Crippen LogP contribution in [-0.2, 0) is 10.0 Å². The Morgan fingerprint density at radius 2 is 2.10 bits per heavy atom. The second kappa shape index (κ2) is 6.66. The Morgan fingerprint density at radius 1 is 1.38 bits per heavy atom. The van der Waals surface area contributed by atoms with Gasteiger partial charge in [0.25, 0.3) is 10.0 Å². The van der Waals surface area contributed by atoms with Gasteiger partial charge in [0.15, 0.2) is 0 Å². The summed E-state index contributed by atoms with van der Waals surface area (Å²) in [6.45, 7) is 1.77. The maximum absolute atomic E-state index is 12.3. The van der Waals surface area contributed by atoms with Gasteiger partial charge in [0.2, 0.25) is 0 Å². The summed E-state index contributed by atoms with van der Waals surface area (Å²) in [5.41, 5.74) is 0.819. The highest BCUT2D eigenvalue weighted by atomic mass is 79.9. The predicted molar refractivity (Wildman–Crippen MR) is 88.8 cm³/mol. The predicted octanol–water partition coefficient (Wildman–Crippen LogP) is 4.21. The summed E-state index contributed by atoms with van der Waals surface area (Å²) in [5.74, 6) is 0.681. The molecular weight excluding hydrogens is 398 g/mol. The molecule has 0 aliphatic carbocycles. The number of nitrogens with one attached hydrogen (secondary N) is 1. The van der Waals surface area contributed by atoms with Crippen molar-refractivity contribution in [1.82, 2.24) is 4.72 Å². The van der Waals surface area contributed by atoms with E-state index in [0.717, 1.165) is 16.9 Å². The zero-order valence-electron chi connectivity index (χ0n) is 11.3. The van der Waals surface area contributed by atoms with Crippen LogP contribution in [0.25, 0.3) is 0 Å². The van der Waals surface area contributed by atoms with Gasteiger partial charge in [-0.1, -0.05) is 23.7 Å². The Morgan fingerprint density at radius 3 is 2.67 bits per heavy atom. The molecule has 0 bridgehead atoms. The number of halogens is 2. The molecule has 1 heterocycles. The van der Waals surface area contributed by atoms with Gasteiger partial charge in [-0.05, 0) is 46.6 Å². The Balaban J connectivity index is 2.23. The molecule has 0 radical (unpaired) electrons. The summed E-state index contributed by atoms with van der Waals surface area (Å²) in [5, 5.41) is 0.384. The van der Waals surface area contributed by atoms with Gasteiger partial charge in [0.05, 0.1) is 15.9 Å². The lowest BCUT2D eigenvalue weighted by atomic mass is 10.1. The van der Waals surface area contributed by atoms with E-state index in [-0.39, 0.29) is 10.3 Å². The van der Waals surface area contributed by atoms with Gasteiger partial charge in [-0.25, -0.2) is 13.1 Å². The first-order chi connectivity index (χ1) is 9.83. The molecular formula is C13H13BrClNO3S2. The van der Waals surface area contributed by atoms with Crippen molar-refractivity contribution in [3.8, 4) is 5.75 Å². The third-order valence-corrected chi connectivity index (χ3v) is 7.30. The highest BCUT2D eigenvalue weighted by Gasteiger charge is 2.22. The highest BCUT2D eigenvalue weighted by molar-refractivity contribution is 9.11. The van der Waals surface area contributed by atoms with Gasteiger partial charge in [-0.15, -0.1) is 11.3 Å². The van der Waals surface area contributed by atoms with E-state index in [9.17, 15) is 8.42 Å². The molecule has 21 heavy (non-hydrogen) atoms. The van der Waals surface area contributed by atoms with Crippen LogP contribution in [0.3, 0.4) is 0 Å². The topological polar surface area (TPSA) is 55.4 Å². The molecule has 1 N–H and O–H groups in total. The van der Waals surface area contributed by atoms with Gasteiger partial charge in [-0.2, -0.15) is 0 Å². The third kappa shape index (κ3) is 3.98. The van der Waals surface area contributed by atoms with E-state index >= 15 is 0 Å². The van der Waals surface area contributed by atoms with Crippen LogP contribution in [0, 0.1) is 0 Å². The molecule has 1 atom stereocenters. The number of sulfonamides is 1. The molecule has 0 saturated heterocycles. The van der Waals surface area contributed by atoms with E-state index < -0.39 is 10.0 Å². The van der Waals surface area contributed by atoms with Crippen molar-refractivity contribution in [1.29, 1.82) is 0 Å². The number of ether oxygens (including phenoxy) is 1. The average molecular weight is 411 g/mol. The second-order valence-corrected chi connectivity index (χ2v) is 9.02. The normalized spacial score (nSPS) is 13.1. The van der Waals surface area contributed by atoms with Crippen LogP contribution in [0.5, 0.6) is 5.75 Å². The van der Waals surface area contributed by atoms with Crippen molar-refractivity contribution in [2.24, 2.45) is 0 Å². The summed E-state index contributed by atoms with van der Waals surface area (Å²) in [6.07, 6.45) is 0. The van der Waals surface area contributed by atoms with Crippen LogP contribution in [0.15, 0.2) is 38.3 Å². The fourth-order valence-corrected chi connectivity index (χ4v) is 5.38. The number of hydrogen-bond donors (Lipinski definition) is 1. The van der Waals surface area contributed by atoms with E-state index in [0.29, 0.717) is 14.6 Å². The molecule has 2 rings (SSSR count). The quantitative estimate of drug-likeness (QED) is 0.803. The van der Waals surface area contributed by atoms with Crippen molar-refractivity contribution in [2.75, 3.05) is 7.11 Å². The summed E-state index contributed by atoms with van der Waals surface area (Å²) in [6, 6.07) is 8.30. The van der Waals surface area contributed by atoms with Crippen molar-refractivity contribution < 1.29 is 13.2 Å². The van der Waals surface area contributed by atoms with Crippen LogP contribution >= 0.6 is 38.9 Å². The summed E-state index contributed by atoms with van der Waals surface area (Å²) in [4.78, 5) is 0. The molecule has 8 heteroatoms. The van der Waals surface area contributed by atoms with Crippen molar-refractivity contribution >= 4 is 48.9 Å². The lowest BCUT2D eigenvalue weighted by Crippen LogP contribution is -2.26. The molecule has 0 fully saturated rings. The summed E-state index contributed by atoms with van der Waals surface area (Å²) in [7, 11) is -2.05. The first kappa shape index (κ1) is 16.8. The van der Waals surface area contributed by atoms with Crippen LogP contribution in [0.2, 0.25) is 5.02 Å². The number of benzene rings is 1. The number of methoxy groups -OCH3 is 1. The van der Waals surface area contributed by atoms with Crippen LogP contribution in [0.4, 0.5) is 0 Å². The molecule has 0 saturated carbocycles. The van der Waals surface area contributed by atoms with Crippen molar-refractivity contribution in [3.63, 3.8) is 0 Å². The molecule has 2 aromatic rings. The van der Waals surface area contributed by atoms with Crippen LogP contribution in [-0.4, -0.2) is 15.5 Å². The van der Waals surface area contributed by atoms with Crippen molar-refractivity contribution in [3.05, 3.63) is 44.7 Å². The van der Waals surface area contributed by atoms with E-state index in [4.69, 9.17) is 16.3 Å². The Labute approximate surface area is 141 Å². The van der Waals surface area contributed by atoms with Gasteiger partial charge in [-0.3, -0.25) is 0 Å². The Hall–Kier alpha value is -0.600. The average Bonchev–Trinajstić information content (AvgIpc) is 2.79. The maximum atomic E-state index is 12.3. The monoisotopic (exact) mass is 409 g/mol. The zero-order chi connectivity index (χ0) is 15.6. The zero-order valence-corrected chi connectivity index (χ0v) is 15.2. The number of thiophene rings is 1. The molecule has 0 aliphatic heterocycles. The minimum Gasteiger partial charge on any atom is -0.497 e. The fraction of sp³-hybridized carbons (Fsp3) is 0.231. The molecule has 1 unspecified atom stereocenters. The number of rotatable bonds is 5. The maximum Gasteiger partial charge on any atom is 0.250 e. The SMILES string of the molecule is COc1cccc(C(C)NS(=O)(=O)c2cc(Cl)c(Br)s2)c1. The molecule has 114 valence electrons. The largest absolute Gasteiger partial charge is 0.497 e. The summed E-state index contributed by atoms with van der Waals surface area (Å²) < 4.78 is 33.2. The molecule has 1 aromatic carbocycles.